The third-order valence-corrected chi connectivity index (χ3v) is 4.51. The predicted molar refractivity (Wildman–Crippen MR) is 72.9 cm³/mol. The van der Waals surface area contributed by atoms with Crippen molar-refractivity contribution in [2.75, 3.05) is 19.6 Å². The van der Waals surface area contributed by atoms with Gasteiger partial charge in [0.05, 0.1) is 6.04 Å². The topological polar surface area (TPSA) is 15.3 Å². The van der Waals surface area contributed by atoms with Crippen LogP contribution in [0.3, 0.4) is 0 Å². The zero-order chi connectivity index (χ0) is 12.1. The van der Waals surface area contributed by atoms with E-state index in [4.69, 9.17) is 6.42 Å². The van der Waals surface area contributed by atoms with Crippen LogP contribution in [0.2, 0.25) is 0 Å². The monoisotopic (exact) mass is 234 g/mol. The molecule has 2 rings (SSSR count). The largest absolute Gasteiger partial charge is 0.302 e. The van der Waals surface area contributed by atoms with Gasteiger partial charge in [-0.2, -0.15) is 0 Å². The minimum absolute atomic E-state index is 0.253. The second kappa shape index (κ2) is 5.89. The van der Waals surface area contributed by atoms with Crippen LogP contribution in [0.15, 0.2) is 0 Å². The quantitative estimate of drug-likeness (QED) is 0.735. The first-order chi connectivity index (χ1) is 8.33. The first kappa shape index (κ1) is 12.9. The average Bonchev–Trinajstić information content (AvgIpc) is 3.01. The summed E-state index contributed by atoms with van der Waals surface area (Å²) in [5.41, 5.74) is 0.278. The van der Waals surface area contributed by atoms with E-state index in [0.29, 0.717) is 0 Å². The van der Waals surface area contributed by atoms with Crippen molar-refractivity contribution in [3.8, 4) is 12.3 Å². The maximum atomic E-state index is 5.81. The van der Waals surface area contributed by atoms with Crippen LogP contribution in [-0.4, -0.2) is 36.1 Å². The Morgan fingerprint density at radius 1 is 1.24 bits per heavy atom. The minimum atomic E-state index is 0.253. The Morgan fingerprint density at radius 3 is 2.41 bits per heavy atom. The van der Waals surface area contributed by atoms with E-state index in [1.807, 2.05) is 0 Å². The number of terminal acetylenes is 1. The lowest BCUT2D eigenvalue weighted by molar-refractivity contribution is 0.0975. The van der Waals surface area contributed by atoms with E-state index >= 15 is 0 Å². The molecule has 1 N–H and O–H groups in total. The summed E-state index contributed by atoms with van der Waals surface area (Å²) < 4.78 is 0. The van der Waals surface area contributed by atoms with Crippen molar-refractivity contribution >= 4 is 0 Å². The van der Waals surface area contributed by atoms with E-state index in [9.17, 15) is 0 Å². The Kier molecular flexibility index (Phi) is 4.48. The molecule has 1 unspecified atom stereocenters. The first-order valence-corrected chi connectivity index (χ1v) is 7.28. The molecule has 0 amide bonds. The van der Waals surface area contributed by atoms with Crippen LogP contribution in [0, 0.1) is 12.3 Å². The van der Waals surface area contributed by atoms with Gasteiger partial charge in [0.2, 0.25) is 0 Å². The highest BCUT2D eigenvalue weighted by atomic mass is 15.2. The summed E-state index contributed by atoms with van der Waals surface area (Å²) in [4.78, 5) is 2.69. The summed E-state index contributed by atoms with van der Waals surface area (Å²) in [5, 5.41) is 3.60. The second-order valence-electron chi connectivity index (χ2n) is 5.56. The standard InChI is InChI=1S/C15H26N2/c1-3-11-16-14(4-2)15(9-5-6-10-15)17-12-7-8-13-17/h2,14,16H,3,5-13H2,1H3. The number of hydrogen-bond donors (Lipinski definition) is 1. The molecule has 1 saturated carbocycles. The van der Waals surface area contributed by atoms with Crippen LogP contribution < -0.4 is 5.32 Å². The molecule has 0 aromatic rings. The van der Waals surface area contributed by atoms with Crippen molar-refractivity contribution in [1.29, 1.82) is 0 Å². The van der Waals surface area contributed by atoms with Gasteiger partial charge >= 0.3 is 0 Å². The van der Waals surface area contributed by atoms with E-state index in [1.54, 1.807) is 0 Å². The number of nitrogens with zero attached hydrogens (tertiary/aromatic N) is 1. The Bertz CT molecular complexity index is 267. The molecule has 0 aromatic heterocycles. The minimum Gasteiger partial charge on any atom is -0.302 e. The fourth-order valence-electron chi connectivity index (χ4n) is 3.63. The van der Waals surface area contributed by atoms with Gasteiger partial charge in [-0.15, -0.1) is 6.42 Å². The Morgan fingerprint density at radius 2 is 1.88 bits per heavy atom. The van der Waals surface area contributed by atoms with Crippen LogP contribution in [0.25, 0.3) is 0 Å². The van der Waals surface area contributed by atoms with E-state index < -0.39 is 0 Å². The summed E-state index contributed by atoms with van der Waals surface area (Å²) in [6, 6.07) is 0.253. The first-order valence-electron chi connectivity index (χ1n) is 7.28. The van der Waals surface area contributed by atoms with E-state index in [0.717, 1.165) is 13.0 Å². The summed E-state index contributed by atoms with van der Waals surface area (Å²) in [6.07, 6.45) is 15.0. The average molecular weight is 234 g/mol. The number of rotatable bonds is 5. The molecular formula is C15H26N2. The molecule has 1 saturated heterocycles. The van der Waals surface area contributed by atoms with Crippen molar-refractivity contribution in [3.63, 3.8) is 0 Å². The lowest BCUT2D eigenvalue weighted by Gasteiger charge is -2.43. The third-order valence-electron chi connectivity index (χ3n) is 4.51. The van der Waals surface area contributed by atoms with Crippen molar-refractivity contribution in [3.05, 3.63) is 0 Å². The van der Waals surface area contributed by atoms with Gasteiger partial charge in [0.15, 0.2) is 0 Å². The van der Waals surface area contributed by atoms with Gasteiger partial charge in [-0.3, -0.25) is 4.90 Å². The molecule has 2 nitrogen and oxygen atoms in total. The molecule has 0 spiro atoms. The smallest absolute Gasteiger partial charge is 0.0873 e. The Balaban J connectivity index is 2.11. The third kappa shape index (κ3) is 2.51. The predicted octanol–water partition coefficient (Wildman–Crippen LogP) is 2.40. The Hall–Kier alpha value is -0.520. The molecule has 1 aliphatic carbocycles. The highest BCUT2D eigenvalue weighted by Gasteiger charge is 2.45. The zero-order valence-electron chi connectivity index (χ0n) is 11.2. The molecule has 17 heavy (non-hydrogen) atoms. The van der Waals surface area contributed by atoms with Gasteiger partial charge in [0.1, 0.15) is 0 Å². The van der Waals surface area contributed by atoms with Gasteiger partial charge in [-0.05, 0) is 51.7 Å². The van der Waals surface area contributed by atoms with Gasteiger partial charge in [0, 0.05) is 5.54 Å². The number of nitrogens with one attached hydrogen (secondary N) is 1. The van der Waals surface area contributed by atoms with E-state index in [1.165, 1.54) is 51.6 Å². The van der Waals surface area contributed by atoms with Gasteiger partial charge in [-0.1, -0.05) is 25.7 Å². The SMILES string of the molecule is C#CC(NCCC)C1(N2CCCC2)CCCC1. The molecular weight excluding hydrogens is 208 g/mol. The molecule has 1 heterocycles. The Labute approximate surface area is 106 Å². The van der Waals surface area contributed by atoms with Gasteiger partial charge in [-0.25, -0.2) is 0 Å². The van der Waals surface area contributed by atoms with E-state index in [2.05, 4.69) is 23.1 Å². The highest BCUT2D eigenvalue weighted by Crippen LogP contribution is 2.39. The van der Waals surface area contributed by atoms with Crippen LogP contribution >= 0.6 is 0 Å². The molecule has 2 fully saturated rings. The molecule has 2 heteroatoms. The van der Waals surface area contributed by atoms with Gasteiger partial charge < -0.3 is 5.32 Å². The van der Waals surface area contributed by atoms with E-state index in [-0.39, 0.29) is 11.6 Å². The van der Waals surface area contributed by atoms with Crippen molar-refractivity contribution in [2.24, 2.45) is 0 Å². The van der Waals surface area contributed by atoms with Crippen LogP contribution in [-0.2, 0) is 0 Å². The molecule has 1 atom stereocenters. The maximum Gasteiger partial charge on any atom is 0.0873 e. The number of hydrogen-bond acceptors (Lipinski definition) is 2. The summed E-state index contributed by atoms with van der Waals surface area (Å²) >= 11 is 0. The zero-order valence-corrected chi connectivity index (χ0v) is 11.2. The normalized spacial score (nSPS) is 25.9. The van der Waals surface area contributed by atoms with Crippen molar-refractivity contribution < 1.29 is 0 Å². The molecule has 96 valence electrons. The number of likely N-dealkylation sites (tertiary alicyclic amines) is 1. The molecule has 0 bridgehead atoms. The summed E-state index contributed by atoms with van der Waals surface area (Å²) in [5.74, 6) is 3.04. The molecule has 2 aliphatic rings. The van der Waals surface area contributed by atoms with Crippen LogP contribution in [0.4, 0.5) is 0 Å². The summed E-state index contributed by atoms with van der Waals surface area (Å²) in [6.45, 7) is 5.76. The van der Waals surface area contributed by atoms with Crippen LogP contribution in [0.5, 0.6) is 0 Å². The lowest BCUT2D eigenvalue weighted by Crippen LogP contribution is -2.58. The lowest BCUT2D eigenvalue weighted by atomic mass is 9.86. The molecule has 0 aromatic carbocycles. The fraction of sp³-hybridized carbons (Fsp3) is 0.867. The second-order valence-corrected chi connectivity index (χ2v) is 5.56. The highest BCUT2D eigenvalue weighted by molar-refractivity contribution is 5.16. The molecule has 0 radical (unpaired) electrons. The van der Waals surface area contributed by atoms with Crippen molar-refractivity contribution in [2.45, 2.75) is 63.5 Å². The maximum absolute atomic E-state index is 5.81. The summed E-state index contributed by atoms with van der Waals surface area (Å²) in [7, 11) is 0. The van der Waals surface area contributed by atoms with Crippen LogP contribution in [0.1, 0.15) is 51.9 Å². The van der Waals surface area contributed by atoms with Crippen molar-refractivity contribution in [1.82, 2.24) is 10.2 Å². The fourth-order valence-corrected chi connectivity index (χ4v) is 3.63. The molecule has 1 aliphatic heterocycles. The van der Waals surface area contributed by atoms with Gasteiger partial charge in [0.25, 0.3) is 0 Å².